The third-order valence-corrected chi connectivity index (χ3v) is 2.77. The van der Waals surface area contributed by atoms with Gasteiger partial charge in [0.1, 0.15) is 0 Å². The first-order valence-corrected chi connectivity index (χ1v) is 4.05. The number of likely N-dealkylation sites (tertiary alicyclic amines) is 1. The number of nitrogens with zero attached hydrogens (tertiary/aromatic N) is 1. The van der Waals surface area contributed by atoms with Crippen molar-refractivity contribution in [3.8, 4) is 0 Å². The van der Waals surface area contributed by atoms with Gasteiger partial charge in [0.25, 0.3) is 0 Å². The summed E-state index contributed by atoms with van der Waals surface area (Å²) in [5.41, 5.74) is -1.44. The van der Waals surface area contributed by atoms with Gasteiger partial charge < -0.3 is 4.90 Å². The Kier molecular flexibility index (Phi) is 2.15. The summed E-state index contributed by atoms with van der Waals surface area (Å²) in [5, 5.41) is 0. The van der Waals surface area contributed by atoms with Crippen LogP contribution in [-0.4, -0.2) is 31.2 Å². The summed E-state index contributed by atoms with van der Waals surface area (Å²) in [5.74, 6) is -0.325. The molecular weight excluding hydrogens is 167 g/mol. The summed E-state index contributed by atoms with van der Waals surface area (Å²) in [6, 6.07) is 0. The molecule has 1 saturated heterocycles. The molecule has 0 aromatic carbocycles. The highest BCUT2D eigenvalue weighted by Gasteiger charge is 2.62. The fourth-order valence-electron chi connectivity index (χ4n) is 1.79. The van der Waals surface area contributed by atoms with Crippen LogP contribution >= 0.6 is 0 Å². The van der Waals surface area contributed by atoms with Crippen LogP contribution < -0.4 is 0 Å². The van der Waals surface area contributed by atoms with Gasteiger partial charge in [-0.1, -0.05) is 13.8 Å². The topological polar surface area (TPSA) is 3.24 Å². The van der Waals surface area contributed by atoms with Gasteiger partial charge in [0.15, 0.2) is 0 Å². The van der Waals surface area contributed by atoms with Gasteiger partial charge in [0, 0.05) is 13.1 Å². The van der Waals surface area contributed by atoms with E-state index >= 15 is 0 Å². The van der Waals surface area contributed by atoms with Gasteiger partial charge in [0.05, 0.1) is 5.41 Å². The van der Waals surface area contributed by atoms with Crippen LogP contribution in [0.2, 0.25) is 0 Å². The molecule has 0 saturated carbocycles. The average Bonchev–Trinajstić information content (AvgIpc) is 1.76. The Labute approximate surface area is 70.5 Å². The number of hydrogen-bond donors (Lipinski definition) is 0. The summed E-state index contributed by atoms with van der Waals surface area (Å²) in [4.78, 5) is 1.70. The molecule has 1 nitrogen and oxygen atoms in total. The van der Waals surface area contributed by atoms with E-state index in [1.54, 1.807) is 25.8 Å². The average molecular weight is 181 g/mol. The molecule has 0 aromatic heterocycles. The lowest BCUT2D eigenvalue weighted by Gasteiger charge is -2.52. The van der Waals surface area contributed by atoms with E-state index in [1.165, 1.54) is 0 Å². The monoisotopic (exact) mass is 181 g/mol. The maximum absolute atomic E-state index is 12.6. The first kappa shape index (κ1) is 9.84. The largest absolute Gasteiger partial charge is 0.397 e. The van der Waals surface area contributed by atoms with Gasteiger partial charge in [-0.25, -0.2) is 0 Å². The van der Waals surface area contributed by atoms with Crippen LogP contribution in [0.4, 0.5) is 13.2 Å². The van der Waals surface area contributed by atoms with Crippen LogP contribution in [0.3, 0.4) is 0 Å². The van der Waals surface area contributed by atoms with Gasteiger partial charge in [0.2, 0.25) is 0 Å². The molecule has 1 aliphatic rings. The van der Waals surface area contributed by atoms with E-state index in [4.69, 9.17) is 0 Å². The van der Waals surface area contributed by atoms with Crippen molar-refractivity contribution in [3.05, 3.63) is 0 Å². The second-order valence-corrected chi connectivity index (χ2v) is 3.98. The number of hydrogen-bond acceptors (Lipinski definition) is 1. The molecule has 0 spiro atoms. The maximum Gasteiger partial charge on any atom is 0.397 e. The summed E-state index contributed by atoms with van der Waals surface area (Å²) >= 11 is 0. The zero-order valence-electron chi connectivity index (χ0n) is 7.57. The van der Waals surface area contributed by atoms with Crippen molar-refractivity contribution in [2.75, 3.05) is 20.1 Å². The minimum absolute atomic E-state index is 0.147. The van der Waals surface area contributed by atoms with Crippen molar-refractivity contribution >= 4 is 0 Å². The Hall–Kier alpha value is -0.250. The Bertz CT molecular complexity index is 168. The molecule has 4 heteroatoms. The number of rotatable bonds is 1. The molecule has 0 bridgehead atoms. The fourth-order valence-corrected chi connectivity index (χ4v) is 1.79. The maximum atomic E-state index is 12.6. The quantitative estimate of drug-likeness (QED) is 0.599. The van der Waals surface area contributed by atoms with Gasteiger partial charge in [-0.3, -0.25) is 0 Å². The Morgan fingerprint density at radius 3 is 1.75 bits per heavy atom. The number of halogens is 3. The molecule has 1 aliphatic heterocycles. The molecule has 0 aromatic rings. The predicted octanol–water partition coefficient (Wildman–Crippen LogP) is 2.14. The lowest BCUT2D eigenvalue weighted by Crippen LogP contribution is -2.64. The molecular formula is C8H14F3N. The van der Waals surface area contributed by atoms with Crippen LogP contribution in [0.1, 0.15) is 13.8 Å². The van der Waals surface area contributed by atoms with E-state index < -0.39 is 11.6 Å². The fraction of sp³-hybridized carbons (Fsp3) is 1.00. The zero-order valence-corrected chi connectivity index (χ0v) is 7.57. The van der Waals surface area contributed by atoms with E-state index in [0.29, 0.717) is 0 Å². The Balaban J connectivity index is 2.77. The lowest BCUT2D eigenvalue weighted by molar-refractivity contribution is -0.280. The highest BCUT2D eigenvalue weighted by atomic mass is 19.4. The van der Waals surface area contributed by atoms with Crippen molar-refractivity contribution in [3.63, 3.8) is 0 Å². The highest BCUT2D eigenvalue weighted by Crippen LogP contribution is 2.49. The van der Waals surface area contributed by atoms with Crippen molar-refractivity contribution in [1.82, 2.24) is 4.90 Å². The zero-order chi connectivity index (χ0) is 9.57. The molecule has 0 unspecified atom stereocenters. The second kappa shape index (κ2) is 2.62. The molecule has 12 heavy (non-hydrogen) atoms. The van der Waals surface area contributed by atoms with Crippen molar-refractivity contribution in [2.45, 2.75) is 20.0 Å². The summed E-state index contributed by atoms with van der Waals surface area (Å²) in [6.07, 6.45) is -4.05. The van der Waals surface area contributed by atoms with Crippen LogP contribution in [0, 0.1) is 11.3 Å². The van der Waals surface area contributed by atoms with Gasteiger partial charge in [-0.15, -0.1) is 0 Å². The van der Waals surface area contributed by atoms with Crippen molar-refractivity contribution in [2.24, 2.45) is 11.3 Å². The molecule has 72 valence electrons. The summed E-state index contributed by atoms with van der Waals surface area (Å²) < 4.78 is 37.7. The third kappa shape index (κ3) is 1.22. The van der Waals surface area contributed by atoms with Gasteiger partial charge in [-0.2, -0.15) is 13.2 Å². The van der Waals surface area contributed by atoms with E-state index in [9.17, 15) is 13.2 Å². The van der Waals surface area contributed by atoms with Crippen LogP contribution in [0.15, 0.2) is 0 Å². The molecule has 1 rings (SSSR count). The predicted molar refractivity (Wildman–Crippen MR) is 40.8 cm³/mol. The van der Waals surface area contributed by atoms with E-state index in [2.05, 4.69) is 0 Å². The van der Waals surface area contributed by atoms with E-state index in [-0.39, 0.29) is 19.0 Å². The molecule has 1 heterocycles. The van der Waals surface area contributed by atoms with Gasteiger partial charge in [-0.05, 0) is 13.0 Å². The number of alkyl halides is 3. The van der Waals surface area contributed by atoms with E-state index in [0.717, 1.165) is 0 Å². The van der Waals surface area contributed by atoms with Crippen LogP contribution in [-0.2, 0) is 0 Å². The highest BCUT2D eigenvalue weighted by molar-refractivity contribution is 5.00. The van der Waals surface area contributed by atoms with Crippen LogP contribution in [0.25, 0.3) is 0 Å². The van der Waals surface area contributed by atoms with E-state index in [1.807, 2.05) is 0 Å². The van der Waals surface area contributed by atoms with Crippen molar-refractivity contribution in [1.29, 1.82) is 0 Å². The molecule has 0 radical (unpaired) electrons. The molecule has 0 amide bonds. The van der Waals surface area contributed by atoms with Gasteiger partial charge >= 0.3 is 6.18 Å². The first-order chi connectivity index (χ1) is 5.29. The Morgan fingerprint density at radius 1 is 1.25 bits per heavy atom. The SMILES string of the molecule is CC(C)C1(C(F)(F)F)CN(C)C1. The molecule has 0 aliphatic carbocycles. The third-order valence-electron chi connectivity index (χ3n) is 2.77. The second-order valence-electron chi connectivity index (χ2n) is 3.98. The normalized spacial score (nSPS) is 24.2. The molecule has 1 fully saturated rings. The lowest BCUT2D eigenvalue weighted by atomic mass is 9.70. The minimum Gasteiger partial charge on any atom is -0.304 e. The molecule has 0 N–H and O–H groups in total. The standard InChI is InChI=1S/C8H14F3N/c1-6(2)7(8(9,10)11)4-12(3)5-7/h6H,4-5H2,1-3H3. The Morgan fingerprint density at radius 2 is 1.67 bits per heavy atom. The molecule has 0 atom stereocenters. The van der Waals surface area contributed by atoms with Crippen molar-refractivity contribution < 1.29 is 13.2 Å². The van der Waals surface area contributed by atoms with Crippen LogP contribution in [0.5, 0.6) is 0 Å². The first-order valence-electron chi connectivity index (χ1n) is 4.05. The minimum atomic E-state index is -4.05. The smallest absolute Gasteiger partial charge is 0.304 e. The summed E-state index contributed by atoms with van der Waals surface area (Å²) in [6.45, 7) is 3.57. The summed E-state index contributed by atoms with van der Waals surface area (Å²) in [7, 11) is 1.71.